The normalized spacial score (nSPS) is 11.1. The number of allylic oxidation sites excluding steroid dienone is 1. The Labute approximate surface area is 86.5 Å². The summed E-state index contributed by atoms with van der Waals surface area (Å²) in [5, 5.41) is 17.7. The molecule has 0 amide bonds. The van der Waals surface area contributed by atoms with Crippen LogP contribution < -0.4 is 0 Å². The van der Waals surface area contributed by atoms with Crippen LogP contribution in [0.2, 0.25) is 0 Å². The molecule has 0 saturated carbocycles. The van der Waals surface area contributed by atoms with E-state index in [9.17, 15) is 9.59 Å². The Morgan fingerprint density at radius 3 is 2.07 bits per heavy atom. The van der Waals surface area contributed by atoms with E-state index in [1.54, 1.807) is 19.1 Å². The first-order valence-electron chi connectivity index (χ1n) is 4.30. The topological polar surface area (TPSA) is 74.6 Å². The minimum atomic E-state index is -1.13. The molecule has 0 aromatic heterocycles. The zero-order chi connectivity index (χ0) is 11.4. The zero-order valence-electron chi connectivity index (χ0n) is 8.10. The molecule has 4 nitrogen and oxygen atoms in total. The predicted molar refractivity (Wildman–Crippen MR) is 54.7 cm³/mol. The minimum Gasteiger partial charge on any atom is -0.478 e. The highest BCUT2D eigenvalue weighted by molar-refractivity contribution is 6.17. The van der Waals surface area contributed by atoms with Crippen molar-refractivity contribution in [3.63, 3.8) is 0 Å². The summed E-state index contributed by atoms with van der Waals surface area (Å²) >= 11 is 0. The summed E-state index contributed by atoms with van der Waals surface area (Å²) in [4.78, 5) is 21.7. The van der Waals surface area contributed by atoms with Gasteiger partial charge in [0.05, 0.1) is 11.1 Å². The van der Waals surface area contributed by atoms with Crippen LogP contribution in [0.1, 0.15) is 22.8 Å². The third-order valence-corrected chi connectivity index (χ3v) is 1.97. The molecule has 0 aliphatic rings. The van der Waals surface area contributed by atoms with Gasteiger partial charge in [-0.05, 0) is 13.0 Å². The first-order chi connectivity index (χ1) is 7.07. The number of rotatable bonds is 3. The molecule has 0 bridgehead atoms. The van der Waals surface area contributed by atoms with Gasteiger partial charge in [-0.25, -0.2) is 9.59 Å². The van der Waals surface area contributed by atoms with Crippen molar-refractivity contribution in [1.29, 1.82) is 0 Å². The van der Waals surface area contributed by atoms with Crippen LogP contribution in [0.25, 0.3) is 5.57 Å². The highest BCUT2D eigenvalue weighted by Crippen LogP contribution is 2.19. The number of aromatic carboxylic acids is 1. The van der Waals surface area contributed by atoms with Gasteiger partial charge in [0.2, 0.25) is 0 Å². The Kier molecular flexibility index (Phi) is 3.23. The molecule has 0 atom stereocenters. The van der Waals surface area contributed by atoms with Gasteiger partial charge >= 0.3 is 11.9 Å². The third kappa shape index (κ3) is 2.22. The molecule has 0 saturated heterocycles. The molecule has 0 unspecified atom stereocenters. The van der Waals surface area contributed by atoms with Crippen molar-refractivity contribution in [2.45, 2.75) is 6.92 Å². The number of carbonyl (C=O) groups is 2. The van der Waals surface area contributed by atoms with Gasteiger partial charge in [-0.15, -0.1) is 0 Å². The molecule has 2 N–H and O–H groups in total. The Balaban J connectivity index is 3.36. The number of carboxylic acids is 2. The van der Waals surface area contributed by atoms with E-state index in [-0.39, 0.29) is 16.7 Å². The van der Waals surface area contributed by atoms with Crippen LogP contribution in [0.15, 0.2) is 30.3 Å². The van der Waals surface area contributed by atoms with Crippen molar-refractivity contribution in [3.8, 4) is 0 Å². The molecule has 0 radical (unpaired) electrons. The van der Waals surface area contributed by atoms with Gasteiger partial charge in [-0.1, -0.05) is 24.3 Å². The fraction of sp³-hybridized carbons (Fsp3) is 0.0909. The second-order valence-corrected chi connectivity index (χ2v) is 2.86. The first kappa shape index (κ1) is 11.0. The average molecular weight is 206 g/mol. The van der Waals surface area contributed by atoms with E-state index < -0.39 is 11.9 Å². The molecular formula is C11H10O4. The van der Waals surface area contributed by atoms with E-state index in [0.717, 1.165) is 0 Å². The molecule has 0 heterocycles. The molecule has 0 aliphatic carbocycles. The number of aliphatic carboxylic acids is 1. The lowest BCUT2D eigenvalue weighted by atomic mass is 10.00. The van der Waals surface area contributed by atoms with E-state index >= 15 is 0 Å². The highest BCUT2D eigenvalue weighted by atomic mass is 16.4. The minimum absolute atomic E-state index is 0.00648. The van der Waals surface area contributed by atoms with Crippen molar-refractivity contribution in [3.05, 3.63) is 41.5 Å². The van der Waals surface area contributed by atoms with Crippen molar-refractivity contribution in [2.75, 3.05) is 0 Å². The van der Waals surface area contributed by atoms with Gasteiger partial charge in [0.1, 0.15) is 0 Å². The summed E-state index contributed by atoms with van der Waals surface area (Å²) in [7, 11) is 0. The van der Waals surface area contributed by atoms with E-state index in [1.165, 1.54) is 18.2 Å². The van der Waals surface area contributed by atoms with E-state index in [2.05, 4.69) is 0 Å². The van der Waals surface area contributed by atoms with Gasteiger partial charge in [0.15, 0.2) is 0 Å². The van der Waals surface area contributed by atoms with Crippen molar-refractivity contribution >= 4 is 17.5 Å². The van der Waals surface area contributed by atoms with Gasteiger partial charge < -0.3 is 10.2 Å². The standard InChI is InChI=1S/C11H10O4/c1-2-7(10(12)13)8-5-3-4-6-9(8)11(14)15/h2-6H,1H3,(H,12,13)(H,14,15). The van der Waals surface area contributed by atoms with E-state index in [4.69, 9.17) is 10.2 Å². The van der Waals surface area contributed by atoms with Crippen LogP contribution >= 0.6 is 0 Å². The fourth-order valence-corrected chi connectivity index (χ4v) is 1.30. The second kappa shape index (κ2) is 4.41. The molecule has 0 aliphatic heterocycles. The Bertz CT molecular complexity index is 432. The van der Waals surface area contributed by atoms with Crippen LogP contribution in [0.3, 0.4) is 0 Å². The monoisotopic (exact) mass is 206 g/mol. The Morgan fingerprint density at radius 2 is 1.67 bits per heavy atom. The molecule has 4 heteroatoms. The molecule has 15 heavy (non-hydrogen) atoms. The van der Waals surface area contributed by atoms with Crippen LogP contribution in [-0.2, 0) is 4.79 Å². The van der Waals surface area contributed by atoms with E-state index in [0.29, 0.717) is 0 Å². The van der Waals surface area contributed by atoms with Crippen LogP contribution in [0, 0.1) is 0 Å². The smallest absolute Gasteiger partial charge is 0.336 e. The largest absolute Gasteiger partial charge is 0.478 e. The van der Waals surface area contributed by atoms with E-state index in [1.807, 2.05) is 0 Å². The highest BCUT2D eigenvalue weighted by Gasteiger charge is 2.16. The van der Waals surface area contributed by atoms with Crippen LogP contribution in [0.5, 0.6) is 0 Å². The molecule has 1 aromatic rings. The summed E-state index contributed by atoms with van der Waals surface area (Å²) < 4.78 is 0. The zero-order valence-corrected chi connectivity index (χ0v) is 8.10. The predicted octanol–water partition coefficient (Wildman–Crippen LogP) is 1.87. The quantitative estimate of drug-likeness (QED) is 0.740. The van der Waals surface area contributed by atoms with Gasteiger partial charge in [-0.2, -0.15) is 0 Å². The average Bonchev–Trinajstić information content (AvgIpc) is 2.18. The fourth-order valence-electron chi connectivity index (χ4n) is 1.30. The number of hydrogen-bond acceptors (Lipinski definition) is 2. The second-order valence-electron chi connectivity index (χ2n) is 2.86. The third-order valence-electron chi connectivity index (χ3n) is 1.97. The SMILES string of the molecule is CC=C(C(=O)O)c1ccccc1C(=O)O. The number of benzene rings is 1. The lowest BCUT2D eigenvalue weighted by Gasteiger charge is -2.05. The lowest BCUT2D eigenvalue weighted by Crippen LogP contribution is -2.06. The summed E-state index contributed by atoms with van der Waals surface area (Å²) in [6, 6.07) is 6.02. The Morgan fingerprint density at radius 1 is 1.13 bits per heavy atom. The van der Waals surface area contributed by atoms with Crippen molar-refractivity contribution < 1.29 is 19.8 Å². The first-order valence-corrected chi connectivity index (χ1v) is 4.30. The molecule has 1 aromatic carbocycles. The van der Waals surface area contributed by atoms with Crippen LogP contribution in [0.4, 0.5) is 0 Å². The van der Waals surface area contributed by atoms with Gasteiger partial charge in [0, 0.05) is 5.56 Å². The van der Waals surface area contributed by atoms with Crippen molar-refractivity contribution in [1.82, 2.24) is 0 Å². The van der Waals surface area contributed by atoms with Gasteiger partial charge in [0.25, 0.3) is 0 Å². The maximum absolute atomic E-state index is 10.8. The molecule has 0 fully saturated rings. The molecule has 0 spiro atoms. The summed E-state index contributed by atoms with van der Waals surface area (Å²) in [5.74, 6) is -2.27. The summed E-state index contributed by atoms with van der Waals surface area (Å²) in [6.45, 7) is 1.56. The Hall–Kier alpha value is -2.10. The number of hydrogen-bond donors (Lipinski definition) is 2. The molecule has 1 rings (SSSR count). The summed E-state index contributed by atoms with van der Waals surface area (Å²) in [5.41, 5.74) is 0.209. The maximum Gasteiger partial charge on any atom is 0.336 e. The maximum atomic E-state index is 10.8. The van der Waals surface area contributed by atoms with Crippen LogP contribution in [-0.4, -0.2) is 22.2 Å². The summed E-state index contributed by atoms with van der Waals surface area (Å²) in [6.07, 6.45) is 1.38. The van der Waals surface area contributed by atoms with Crippen molar-refractivity contribution in [2.24, 2.45) is 0 Å². The number of carboxylic acid groups (broad SMARTS) is 2. The molecular weight excluding hydrogens is 196 g/mol. The molecule has 78 valence electrons. The van der Waals surface area contributed by atoms with Gasteiger partial charge in [-0.3, -0.25) is 0 Å². The lowest BCUT2D eigenvalue weighted by molar-refractivity contribution is -0.130.